The molecule has 0 spiro atoms. The summed E-state index contributed by atoms with van der Waals surface area (Å²) < 4.78 is 5.08. The predicted molar refractivity (Wildman–Crippen MR) is 47.0 cm³/mol. The SMILES string of the molecule is O=C(C1=COCC1)C1C2CNC1C2. The number of ether oxygens (including phenoxy) is 1. The number of hydrogen-bond donors (Lipinski definition) is 1. The molecule has 4 rings (SSSR count). The zero-order valence-corrected chi connectivity index (χ0v) is 7.45. The molecular formula is C10H13NO2. The summed E-state index contributed by atoms with van der Waals surface area (Å²) in [6.07, 6.45) is 3.67. The quantitative estimate of drug-likeness (QED) is 0.669. The van der Waals surface area contributed by atoms with E-state index in [4.69, 9.17) is 4.74 Å². The molecule has 0 radical (unpaired) electrons. The van der Waals surface area contributed by atoms with Gasteiger partial charge < -0.3 is 10.1 Å². The number of rotatable bonds is 2. The Bertz CT molecular complexity index is 271. The largest absolute Gasteiger partial charge is 0.500 e. The number of nitrogens with one attached hydrogen (secondary N) is 1. The van der Waals surface area contributed by atoms with Gasteiger partial charge in [-0.15, -0.1) is 0 Å². The van der Waals surface area contributed by atoms with Gasteiger partial charge in [0.2, 0.25) is 0 Å². The Morgan fingerprint density at radius 3 is 3.08 bits per heavy atom. The van der Waals surface area contributed by atoms with Crippen LogP contribution in [0.3, 0.4) is 0 Å². The average molecular weight is 179 g/mol. The summed E-state index contributed by atoms with van der Waals surface area (Å²) in [5, 5.41) is 3.36. The number of fused-ring (bicyclic) bond motifs is 1. The van der Waals surface area contributed by atoms with Crippen LogP contribution in [-0.4, -0.2) is 25.0 Å². The molecule has 3 unspecified atom stereocenters. The fourth-order valence-electron chi connectivity index (χ4n) is 2.65. The minimum Gasteiger partial charge on any atom is -0.500 e. The lowest BCUT2D eigenvalue weighted by Crippen LogP contribution is -2.42. The normalized spacial score (nSPS) is 40.9. The maximum atomic E-state index is 11.9. The Morgan fingerprint density at radius 1 is 1.62 bits per heavy atom. The molecule has 3 aliphatic heterocycles. The average Bonchev–Trinajstić information content (AvgIpc) is 2.82. The molecule has 13 heavy (non-hydrogen) atoms. The summed E-state index contributed by atoms with van der Waals surface area (Å²) in [6.45, 7) is 1.73. The van der Waals surface area contributed by atoms with E-state index in [1.165, 1.54) is 6.42 Å². The van der Waals surface area contributed by atoms with Gasteiger partial charge in [-0.1, -0.05) is 0 Å². The predicted octanol–water partition coefficient (Wildman–Crippen LogP) is 0.468. The van der Waals surface area contributed by atoms with Crippen molar-refractivity contribution in [2.75, 3.05) is 13.2 Å². The highest BCUT2D eigenvalue weighted by atomic mass is 16.5. The fraction of sp³-hybridized carbons (Fsp3) is 0.700. The monoisotopic (exact) mass is 179 g/mol. The van der Waals surface area contributed by atoms with Gasteiger partial charge in [0.05, 0.1) is 12.9 Å². The molecule has 1 aliphatic carbocycles. The van der Waals surface area contributed by atoms with Crippen LogP contribution in [0.1, 0.15) is 12.8 Å². The summed E-state index contributed by atoms with van der Waals surface area (Å²) >= 11 is 0. The van der Waals surface area contributed by atoms with Crippen molar-refractivity contribution in [3.8, 4) is 0 Å². The molecule has 0 aromatic heterocycles. The van der Waals surface area contributed by atoms with Gasteiger partial charge in [0.15, 0.2) is 5.78 Å². The first-order valence-electron chi connectivity index (χ1n) is 4.94. The fourth-order valence-corrected chi connectivity index (χ4v) is 2.65. The van der Waals surface area contributed by atoms with Crippen LogP contribution in [0.4, 0.5) is 0 Å². The van der Waals surface area contributed by atoms with Crippen molar-refractivity contribution in [1.29, 1.82) is 0 Å². The molecule has 4 aliphatic rings. The first-order valence-corrected chi connectivity index (χ1v) is 4.94. The van der Waals surface area contributed by atoms with Crippen molar-refractivity contribution in [2.24, 2.45) is 11.8 Å². The zero-order valence-electron chi connectivity index (χ0n) is 7.45. The molecule has 3 heterocycles. The molecule has 70 valence electrons. The zero-order chi connectivity index (χ0) is 8.84. The van der Waals surface area contributed by atoms with Crippen LogP contribution in [-0.2, 0) is 9.53 Å². The number of Topliss-reactive ketones (excluding diaryl/α,β-unsaturated/α-hetero) is 1. The van der Waals surface area contributed by atoms with Crippen LogP contribution >= 0.6 is 0 Å². The van der Waals surface area contributed by atoms with Crippen LogP contribution in [0.25, 0.3) is 0 Å². The standard InChI is InChI=1S/C10H13NO2/c12-10(6-1-2-13-5-6)9-7-3-8(9)11-4-7/h5,7-9,11H,1-4H2. The first-order chi connectivity index (χ1) is 6.36. The third-order valence-corrected chi connectivity index (χ3v) is 3.47. The maximum absolute atomic E-state index is 11.9. The molecule has 0 amide bonds. The van der Waals surface area contributed by atoms with Crippen molar-refractivity contribution in [2.45, 2.75) is 18.9 Å². The van der Waals surface area contributed by atoms with Gasteiger partial charge in [-0.3, -0.25) is 4.79 Å². The molecular weight excluding hydrogens is 166 g/mol. The molecule has 3 heteroatoms. The van der Waals surface area contributed by atoms with Crippen molar-refractivity contribution < 1.29 is 9.53 Å². The van der Waals surface area contributed by atoms with E-state index >= 15 is 0 Å². The molecule has 1 saturated carbocycles. The highest BCUT2D eigenvalue weighted by molar-refractivity contribution is 5.98. The molecule has 3 nitrogen and oxygen atoms in total. The first kappa shape index (κ1) is 7.56. The Labute approximate surface area is 77.1 Å². The van der Waals surface area contributed by atoms with Crippen molar-refractivity contribution in [3.63, 3.8) is 0 Å². The lowest BCUT2D eigenvalue weighted by molar-refractivity contribution is -0.123. The Morgan fingerprint density at radius 2 is 2.54 bits per heavy atom. The van der Waals surface area contributed by atoms with Gasteiger partial charge in [-0.25, -0.2) is 0 Å². The minimum atomic E-state index is 0.271. The second kappa shape index (κ2) is 2.58. The van der Waals surface area contributed by atoms with Crippen molar-refractivity contribution >= 4 is 5.78 Å². The van der Waals surface area contributed by atoms with Crippen LogP contribution in [0.5, 0.6) is 0 Å². The molecule has 0 aromatic rings. The van der Waals surface area contributed by atoms with Crippen molar-refractivity contribution in [3.05, 3.63) is 11.8 Å². The maximum Gasteiger partial charge on any atom is 0.167 e. The molecule has 0 aromatic carbocycles. The Balaban J connectivity index is 1.75. The van der Waals surface area contributed by atoms with Gasteiger partial charge in [-0.2, -0.15) is 0 Å². The van der Waals surface area contributed by atoms with E-state index in [0.29, 0.717) is 24.3 Å². The highest BCUT2D eigenvalue weighted by Crippen LogP contribution is 2.42. The Hall–Kier alpha value is -0.830. The van der Waals surface area contributed by atoms with Crippen LogP contribution in [0, 0.1) is 11.8 Å². The van der Waals surface area contributed by atoms with Gasteiger partial charge in [0.1, 0.15) is 0 Å². The lowest BCUT2D eigenvalue weighted by atomic mass is 9.70. The van der Waals surface area contributed by atoms with Crippen LogP contribution < -0.4 is 5.32 Å². The van der Waals surface area contributed by atoms with E-state index < -0.39 is 0 Å². The molecule has 2 saturated heterocycles. The summed E-state index contributed by atoms with van der Waals surface area (Å²) in [7, 11) is 0. The molecule has 2 bridgehead atoms. The number of hydrogen-bond acceptors (Lipinski definition) is 3. The summed E-state index contributed by atoms with van der Waals surface area (Å²) in [6, 6.07) is 0.471. The number of ketones is 1. The van der Waals surface area contributed by atoms with E-state index in [9.17, 15) is 4.79 Å². The van der Waals surface area contributed by atoms with E-state index in [1.54, 1.807) is 6.26 Å². The second-order valence-electron chi connectivity index (χ2n) is 4.16. The number of carbonyl (C=O) groups excluding carboxylic acids is 1. The van der Waals surface area contributed by atoms with Crippen LogP contribution in [0.15, 0.2) is 11.8 Å². The van der Waals surface area contributed by atoms with Crippen LogP contribution in [0.2, 0.25) is 0 Å². The molecule has 3 fully saturated rings. The lowest BCUT2D eigenvalue weighted by Gasteiger charge is -2.33. The van der Waals surface area contributed by atoms with Gasteiger partial charge in [-0.05, 0) is 18.9 Å². The summed E-state index contributed by atoms with van der Waals surface area (Å²) in [5.74, 6) is 1.22. The third kappa shape index (κ3) is 0.967. The molecule has 3 atom stereocenters. The van der Waals surface area contributed by atoms with Gasteiger partial charge in [0.25, 0.3) is 0 Å². The van der Waals surface area contributed by atoms with Gasteiger partial charge >= 0.3 is 0 Å². The van der Waals surface area contributed by atoms with E-state index in [-0.39, 0.29) is 5.92 Å². The van der Waals surface area contributed by atoms with Crippen molar-refractivity contribution in [1.82, 2.24) is 5.32 Å². The summed E-state index contributed by atoms with van der Waals surface area (Å²) in [4.78, 5) is 11.9. The van der Waals surface area contributed by atoms with E-state index in [0.717, 1.165) is 18.5 Å². The Kier molecular flexibility index (Phi) is 1.50. The number of carbonyl (C=O) groups is 1. The topological polar surface area (TPSA) is 38.3 Å². The van der Waals surface area contributed by atoms with E-state index in [1.807, 2.05) is 0 Å². The van der Waals surface area contributed by atoms with E-state index in [2.05, 4.69) is 5.32 Å². The smallest absolute Gasteiger partial charge is 0.167 e. The molecule has 1 N–H and O–H groups in total. The third-order valence-electron chi connectivity index (χ3n) is 3.47. The highest BCUT2D eigenvalue weighted by Gasteiger charge is 2.51. The minimum absolute atomic E-state index is 0.271. The van der Waals surface area contributed by atoms with Gasteiger partial charge in [0, 0.05) is 24.0 Å². The summed E-state index contributed by atoms with van der Waals surface area (Å²) in [5.41, 5.74) is 0.906. The second-order valence-corrected chi connectivity index (χ2v) is 4.16.